The highest BCUT2D eigenvalue weighted by molar-refractivity contribution is 7.11. The summed E-state index contributed by atoms with van der Waals surface area (Å²) in [5.41, 5.74) is 2.94. The molecule has 0 radical (unpaired) electrons. The number of benzene rings is 2. The quantitative estimate of drug-likeness (QED) is 0.159. The van der Waals surface area contributed by atoms with Gasteiger partial charge in [0.15, 0.2) is 0 Å². The Labute approximate surface area is 268 Å². The maximum Gasteiger partial charge on any atom is 0.316 e. The number of halogens is 1. The number of fused-ring (bicyclic) bond motifs is 1. The molecule has 1 amide bonds. The standard InChI is InChI=1S/C32H31FN8O4S/c1-4-29(42)41-10-8-20(9-11-41)38-26-13-22-25(14-28(26)43-3)36-18-37-30(22)39-24-7-6-21(12-23(24)33)45-32-40-27(17-46-32)19-15-34-31(35-16-19)44-5-2/h4,6-7,12-18,20,38H,1,5,8-11H2,2-3H3,(H,36,37,39). The Balaban J connectivity index is 1.16. The number of rotatable bonds is 11. The van der Waals surface area contributed by atoms with Crippen LogP contribution in [0.25, 0.3) is 22.2 Å². The molecule has 4 heterocycles. The smallest absolute Gasteiger partial charge is 0.316 e. The summed E-state index contributed by atoms with van der Waals surface area (Å²) >= 11 is 1.27. The Bertz CT molecular complexity index is 1860. The van der Waals surface area contributed by atoms with Gasteiger partial charge in [0.05, 0.1) is 36.3 Å². The van der Waals surface area contributed by atoms with Crippen molar-refractivity contribution in [2.75, 3.05) is 37.4 Å². The van der Waals surface area contributed by atoms with Gasteiger partial charge in [-0.15, -0.1) is 0 Å². The third-order valence-corrected chi connectivity index (χ3v) is 8.09. The van der Waals surface area contributed by atoms with Gasteiger partial charge in [0.25, 0.3) is 5.19 Å². The molecule has 1 saturated heterocycles. The van der Waals surface area contributed by atoms with Crippen LogP contribution in [0, 0.1) is 5.82 Å². The second kappa shape index (κ2) is 13.7. The predicted molar refractivity (Wildman–Crippen MR) is 174 cm³/mol. The van der Waals surface area contributed by atoms with Crippen molar-refractivity contribution in [3.8, 4) is 34.0 Å². The molecule has 2 aromatic carbocycles. The zero-order valence-corrected chi connectivity index (χ0v) is 26.0. The van der Waals surface area contributed by atoms with Gasteiger partial charge in [0.2, 0.25) is 5.91 Å². The Morgan fingerprint density at radius 2 is 1.93 bits per heavy atom. The molecule has 1 aliphatic heterocycles. The Morgan fingerprint density at radius 3 is 2.65 bits per heavy atom. The normalized spacial score (nSPS) is 13.3. The summed E-state index contributed by atoms with van der Waals surface area (Å²) in [5.74, 6) is 0.742. The van der Waals surface area contributed by atoms with Crippen LogP contribution in [0.3, 0.4) is 0 Å². The van der Waals surface area contributed by atoms with Crippen LogP contribution >= 0.6 is 11.3 Å². The number of carbonyl (C=O) groups is 1. The minimum atomic E-state index is -0.534. The highest BCUT2D eigenvalue weighted by Crippen LogP contribution is 2.36. The van der Waals surface area contributed by atoms with E-state index in [4.69, 9.17) is 14.2 Å². The van der Waals surface area contributed by atoms with Crippen LogP contribution in [-0.2, 0) is 4.79 Å². The summed E-state index contributed by atoms with van der Waals surface area (Å²) < 4.78 is 32.1. The molecule has 46 heavy (non-hydrogen) atoms. The zero-order chi connectivity index (χ0) is 32.0. The molecule has 0 bridgehead atoms. The SMILES string of the molecule is C=CC(=O)N1CCC(Nc2cc3c(Nc4ccc(Oc5nc(-c6cnc(OCC)nc6)cs5)cc4F)ncnc3cc2OC)CC1. The second-order valence-electron chi connectivity index (χ2n) is 10.3. The first-order valence-corrected chi connectivity index (χ1v) is 15.5. The van der Waals surface area contributed by atoms with Crippen molar-refractivity contribution in [3.05, 3.63) is 72.9 Å². The number of hydrogen-bond acceptors (Lipinski definition) is 12. The second-order valence-corrected chi connectivity index (χ2v) is 11.1. The van der Waals surface area contributed by atoms with Crippen LogP contribution in [0.5, 0.6) is 22.7 Å². The first kappa shape index (κ1) is 30.6. The molecule has 1 fully saturated rings. The summed E-state index contributed by atoms with van der Waals surface area (Å²) in [4.78, 5) is 35.3. The van der Waals surface area contributed by atoms with E-state index < -0.39 is 5.82 Å². The number of ether oxygens (including phenoxy) is 3. The molecule has 0 spiro atoms. The first-order valence-electron chi connectivity index (χ1n) is 14.6. The van der Waals surface area contributed by atoms with Crippen molar-refractivity contribution in [2.45, 2.75) is 25.8 Å². The molecular weight excluding hydrogens is 611 g/mol. The third-order valence-electron chi connectivity index (χ3n) is 7.38. The van der Waals surface area contributed by atoms with E-state index in [2.05, 4.69) is 42.1 Å². The first-order chi connectivity index (χ1) is 22.4. The molecule has 0 atom stereocenters. The van der Waals surface area contributed by atoms with Gasteiger partial charge in [-0.1, -0.05) is 17.9 Å². The highest BCUT2D eigenvalue weighted by Gasteiger charge is 2.23. The van der Waals surface area contributed by atoms with Crippen LogP contribution in [0.15, 0.2) is 67.1 Å². The fourth-order valence-corrected chi connectivity index (χ4v) is 5.73. The Kier molecular flexibility index (Phi) is 9.15. The minimum absolute atomic E-state index is 0.0608. The van der Waals surface area contributed by atoms with Crippen LogP contribution in [0.4, 0.5) is 21.6 Å². The van der Waals surface area contributed by atoms with Gasteiger partial charge in [-0.25, -0.2) is 29.3 Å². The maximum atomic E-state index is 15.3. The van der Waals surface area contributed by atoms with Crippen LogP contribution in [0.2, 0.25) is 0 Å². The van der Waals surface area contributed by atoms with Crippen molar-refractivity contribution >= 4 is 45.3 Å². The van der Waals surface area contributed by atoms with E-state index in [0.29, 0.717) is 64.6 Å². The summed E-state index contributed by atoms with van der Waals surface area (Å²) in [6.45, 7) is 7.18. The molecule has 14 heteroatoms. The largest absolute Gasteiger partial charge is 0.495 e. The van der Waals surface area contributed by atoms with Gasteiger partial charge in [-0.05, 0) is 44.0 Å². The lowest BCUT2D eigenvalue weighted by Gasteiger charge is -2.32. The average molecular weight is 643 g/mol. The molecule has 3 aromatic heterocycles. The molecule has 2 N–H and O–H groups in total. The van der Waals surface area contributed by atoms with Crippen molar-refractivity contribution in [1.29, 1.82) is 0 Å². The number of aromatic nitrogens is 5. The third kappa shape index (κ3) is 6.81. The summed E-state index contributed by atoms with van der Waals surface area (Å²) in [6, 6.07) is 8.65. The molecule has 6 rings (SSSR count). The van der Waals surface area contributed by atoms with Crippen LogP contribution in [0.1, 0.15) is 19.8 Å². The predicted octanol–water partition coefficient (Wildman–Crippen LogP) is 6.21. The van der Waals surface area contributed by atoms with E-state index in [1.807, 2.05) is 24.4 Å². The number of nitrogens with one attached hydrogen (secondary N) is 2. The van der Waals surface area contributed by atoms with E-state index in [0.717, 1.165) is 18.5 Å². The molecule has 5 aromatic rings. The minimum Gasteiger partial charge on any atom is -0.495 e. The molecule has 1 aliphatic rings. The van der Waals surface area contributed by atoms with Gasteiger partial charge in [-0.3, -0.25) is 4.79 Å². The van der Waals surface area contributed by atoms with E-state index in [1.165, 1.54) is 29.8 Å². The lowest BCUT2D eigenvalue weighted by Crippen LogP contribution is -2.41. The number of amides is 1. The van der Waals surface area contributed by atoms with Gasteiger partial charge < -0.3 is 29.7 Å². The average Bonchev–Trinajstić information content (AvgIpc) is 3.54. The molecule has 0 saturated carbocycles. The van der Waals surface area contributed by atoms with E-state index in [-0.39, 0.29) is 23.4 Å². The Hall–Kier alpha value is -5.37. The number of piperidine rings is 1. The number of methoxy groups -OCH3 is 1. The van der Waals surface area contributed by atoms with Crippen molar-refractivity contribution in [3.63, 3.8) is 0 Å². The molecule has 236 valence electrons. The van der Waals surface area contributed by atoms with Crippen molar-refractivity contribution < 1.29 is 23.4 Å². The zero-order valence-electron chi connectivity index (χ0n) is 25.2. The van der Waals surface area contributed by atoms with E-state index >= 15 is 4.39 Å². The summed E-state index contributed by atoms with van der Waals surface area (Å²) in [6.07, 6.45) is 7.55. The van der Waals surface area contributed by atoms with Crippen molar-refractivity contribution in [2.24, 2.45) is 0 Å². The fourth-order valence-electron chi connectivity index (χ4n) is 5.04. The van der Waals surface area contributed by atoms with Crippen LogP contribution in [-0.4, -0.2) is 68.6 Å². The number of hydrogen-bond donors (Lipinski definition) is 2. The van der Waals surface area contributed by atoms with Gasteiger partial charge in [-0.2, -0.15) is 0 Å². The van der Waals surface area contributed by atoms with Gasteiger partial charge in [0.1, 0.15) is 29.5 Å². The van der Waals surface area contributed by atoms with Gasteiger partial charge in [0, 0.05) is 60.0 Å². The number of likely N-dealkylation sites (tertiary alicyclic amines) is 1. The molecule has 0 unspecified atom stereocenters. The number of nitrogens with zero attached hydrogens (tertiary/aromatic N) is 6. The van der Waals surface area contributed by atoms with E-state index in [9.17, 15) is 4.79 Å². The number of carbonyl (C=O) groups excluding carboxylic acids is 1. The summed E-state index contributed by atoms with van der Waals surface area (Å²) in [5, 5.41) is 9.48. The maximum absolute atomic E-state index is 15.3. The van der Waals surface area contributed by atoms with E-state index in [1.54, 1.807) is 36.5 Å². The van der Waals surface area contributed by atoms with Crippen LogP contribution < -0.4 is 24.8 Å². The Morgan fingerprint density at radius 1 is 1.13 bits per heavy atom. The topological polar surface area (TPSA) is 137 Å². The monoisotopic (exact) mass is 642 g/mol. The van der Waals surface area contributed by atoms with Gasteiger partial charge >= 0.3 is 6.01 Å². The lowest BCUT2D eigenvalue weighted by molar-refractivity contribution is -0.126. The number of thiazole rings is 1. The molecule has 0 aliphatic carbocycles. The molecule has 12 nitrogen and oxygen atoms in total. The lowest BCUT2D eigenvalue weighted by atomic mass is 10.0. The summed E-state index contributed by atoms with van der Waals surface area (Å²) in [7, 11) is 1.60. The fraction of sp³-hybridized carbons (Fsp3) is 0.250. The van der Waals surface area contributed by atoms with Crippen molar-refractivity contribution in [1.82, 2.24) is 29.8 Å². The molecular formula is C32H31FN8O4S. The number of anilines is 3. The highest BCUT2D eigenvalue weighted by atomic mass is 32.1.